The summed E-state index contributed by atoms with van der Waals surface area (Å²) in [6, 6.07) is 6.91. The lowest BCUT2D eigenvalue weighted by Crippen LogP contribution is -2.36. The fourth-order valence-corrected chi connectivity index (χ4v) is 4.77. The second-order valence-electron chi connectivity index (χ2n) is 6.98. The number of benzene rings is 1. The van der Waals surface area contributed by atoms with Gasteiger partial charge in [0, 0.05) is 46.8 Å². The average molecular weight is 413 g/mol. The number of piperidine rings is 1. The number of rotatable bonds is 11. The van der Waals surface area contributed by atoms with Crippen molar-refractivity contribution in [2.45, 2.75) is 37.0 Å². The van der Waals surface area contributed by atoms with Gasteiger partial charge in [-0.25, -0.2) is 8.42 Å². The van der Waals surface area contributed by atoms with Crippen molar-refractivity contribution in [2.24, 2.45) is 0 Å². The van der Waals surface area contributed by atoms with Crippen LogP contribution in [0, 0.1) is 0 Å². The third-order valence-corrected chi connectivity index (χ3v) is 6.90. The molecule has 0 saturated carbocycles. The number of hydrogen-bond acceptors (Lipinski definition) is 5. The Kier molecular flexibility index (Phi) is 9.37. The van der Waals surface area contributed by atoms with Gasteiger partial charge in [-0.15, -0.1) is 0 Å². The van der Waals surface area contributed by atoms with Crippen molar-refractivity contribution < 1.29 is 22.7 Å². The molecule has 1 aliphatic heterocycles. The first-order valence-electron chi connectivity index (χ1n) is 9.83. The molecule has 0 radical (unpaired) electrons. The minimum Gasteiger partial charge on any atom is -0.383 e. The van der Waals surface area contributed by atoms with Crippen LogP contribution in [0.1, 0.15) is 31.2 Å². The molecule has 1 aromatic carbocycles. The fourth-order valence-electron chi connectivity index (χ4n) is 3.26. The number of methoxy groups -OCH3 is 2. The zero-order valence-corrected chi connectivity index (χ0v) is 17.7. The van der Waals surface area contributed by atoms with E-state index in [2.05, 4.69) is 0 Å². The number of carbonyl (C=O) groups excluding carboxylic acids is 1. The molecule has 1 aliphatic rings. The molecule has 28 heavy (non-hydrogen) atoms. The average Bonchev–Trinajstić information content (AvgIpc) is 2.73. The predicted octanol–water partition coefficient (Wildman–Crippen LogP) is 1.92. The van der Waals surface area contributed by atoms with Crippen LogP contribution in [0.5, 0.6) is 0 Å². The summed E-state index contributed by atoms with van der Waals surface area (Å²) in [7, 11) is -0.194. The number of hydrogen-bond donors (Lipinski definition) is 0. The van der Waals surface area contributed by atoms with E-state index in [0.717, 1.165) is 24.8 Å². The molecule has 0 aliphatic carbocycles. The van der Waals surface area contributed by atoms with Crippen molar-refractivity contribution in [2.75, 3.05) is 53.6 Å². The molecule has 0 aromatic heterocycles. The molecule has 1 saturated heterocycles. The maximum atomic E-state index is 12.7. The van der Waals surface area contributed by atoms with Gasteiger partial charge in [0.1, 0.15) is 0 Å². The number of ether oxygens (including phenoxy) is 2. The minimum atomic E-state index is -3.41. The first kappa shape index (κ1) is 22.8. The molecule has 0 N–H and O–H groups in total. The highest BCUT2D eigenvalue weighted by Crippen LogP contribution is 2.21. The molecular weight excluding hydrogens is 380 g/mol. The Hall–Kier alpha value is -1.48. The lowest BCUT2D eigenvalue weighted by molar-refractivity contribution is -0.132. The SMILES string of the molecule is COCCN(CCOC)C(=O)CCc1ccc(S(=O)(=O)N2CCCCC2)cc1. The first-order valence-corrected chi connectivity index (χ1v) is 11.3. The zero-order valence-electron chi connectivity index (χ0n) is 16.9. The normalized spacial score (nSPS) is 15.5. The number of aryl methyl sites for hydroxylation is 1. The standard InChI is InChI=1S/C20H32N2O5S/c1-26-16-14-21(15-17-27-2)20(23)11-8-18-6-9-19(10-7-18)28(24,25)22-12-4-3-5-13-22/h6-7,9-10H,3-5,8,11-17H2,1-2H3. The van der Waals surface area contributed by atoms with E-state index < -0.39 is 10.0 Å². The van der Waals surface area contributed by atoms with Crippen molar-refractivity contribution in [3.63, 3.8) is 0 Å². The third kappa shape index (κ3) is 6.55. The highest BCUT2D eigenvalue weighted by Gasteiger charge is 2.25. The van der Waals surface area contributed by atoms with Crippen molar-refractivity contribution >= 4 is 15.9 Å². The largest absolute Gasteiger partial charge is 0.383 e. The number of amides is 1. The molecule has 8 heteroatoms. The van der Waals surface area contributed by atoms with Gasteiger partial charge in [0.25, 0.3) is 0 Å². The van der Waals surface area contributed by atoms with E-state index >= 15 is 0 Å². The second-order valence-corrected chi connectivity index (χ2v) is 8.91. The van der Waals surface area contributed by atoms with Crippen LogP contribution in [-0.4, -0.2) is 77.1 Å². The van der Waals surface area contributed by atoms with E-state index in [1.807, 2.05) is 0 Å². The van der Waals surface area contributed by atoms with Crippen molar-refractivity contribution in [1.29, 1.82) is 0 Å². The monoisotopic (exact) mass is 412 g/mol. The Balaban J connectivity index is 1.93. The van der Waals surface area contributed by atoms with Crippen molar-refractivity contribution in [1.82, 2.24) is 9.21 Å². The van der Waals surface area contributed by atoms with Crippen LogP contribution >= 0.6 is 0 Å². The predicted molar refractivity (Wildman–Crippen MR) is 108 cm³/mol. The summed E-state index contributed by atoms with van der Waals surface area (Å²) in [4.78, 5) is 14.5. The van der Waals surface area contributed by atoms with Gasteiger partial charge < -0.3 is 14.4 Å². The number of sulfonamides is 1. The summed E-state index contributed by atoms with van der Waals surface area (Å²) in [6.07, 6.45) is 3.86. The van der Waals surface area contributed by atoms with Gasteiger partial charge >= 0.3 is 0 Å². The molecule has 1 amide bonds. The van der Waals surface area contributed by atoms with Gasteiger partial charge in [0.2, 0.25) is 15.9 Å². The summed E-state index contributed by atoms with van der Waals surface area (Å²) < 4.78 is 37.1. The number of carbonyl (C=O) groups is 1. The van der Waals surface area contributed by atoms with Gasteiger partial charge in [-0.2, -0.15) is 4.31 Å². The molecule has 0 unspecified atom stereocenters. The maximum Gasteiger partial charge on any atom is 0.243 e. The summed E-state index contributed by atoms with van der Waals surface area (Å²) >= 11 is 0. The van der Waals surface area contributed by atoms with Crippen LogP contribution in [0.25, 0.3) is 0 Å². The summed E-state index contributed by atoms with van der Waals surface area (Å²) in [5, 5.41) is 0. The molecule has 0 atom stereocenters. The first-order chi connectivity index (χ1) is 13.5. The van der Waals surface area contributed by atoms with Crippen LogP contribution in [0.3, 0.4) is 0 Å². The van der Waals surface area contributed by atoms with Crippen LogP contribution in [-0.2, 0) is 30.7 Å². The van der Waals surface area contributed by atoms with E-state index in [0.29, 0.717) is 57.1 Å². The Morgan fingerprint density at radius 3 is 2.11 bits per heavy atom. The van der Waals surface area contributed by atoms with Crippen LogP contribution < -0.4 is 0 Å². The van der Waals surface area contributed by atoms with Gasteiger partial charge in [-0.1, -0.05) is 18.6 Å². The maximum absolute atomic E-state index is 12.7. The van der Waals surface area contributed by atoms with Gasteiger partial charge in [0.15, 0.2) is 0 Å². The molecule has 0 spiro atoms. The molecule has 7 nitrogen and oxygen atoms in total. The number of nitrogens with zero attached hydrogens (tertiary/aromatic N) is 2. The van der Waals surface area contributed by atoms with E-state index in [-0.39, 0.29) is 5.91 Å². The zero-order chi connectivity index (χ0) is 20.4. The van der Waals surface area contributed by atoms with Crippen LogP contribution in [0.2, 0.25) is 0 Å². The summed E-state index contributed by atoms with van der Waals surface area (Å²) in [6.45, 7) is 3.23. The Morgan fingerprint density at radius 1 is 1.00 bits per heavy atom. The van der Waals surface area contributed by atoms with Crippen molar-refractivity contribution in [3.8, 4) is 0 Å². The second kappa shape index (κ2) is 11.5. The summed E-state index contributed by atoms with van der Waals surface area (Å²) in [5.74, 6) is 0.0408. The van der Waals surface area contributed by atoms with E-state index in [1.54, 1.807) is 47.7 Å². The van der Waals surface area contributed by atoms with E-state index in [1.165, 1.54) is 0 Å². The molecule has 158 valence electrons. The van der Waals surface area contributed by atoms with Crippen LogP contribution in [0.15, 0.2) is 29.2 Å². The molecule has 0 bridgehead atoms. The van der Waals surface area contributed by atoms with Crippen molar-refractivity contribution in [3.05, 3.63) is 29.8 Å². The highest BCUT2D eigenvalue weighted by molar-refractivity contribution is 7.89. The Bertz CT molecular complexity index is 692. The quantitative estimate of drug-likeness (QED) is 0.555. The Morgan fingerprint density at radius 2 is 1.57 bits per heavy atom. The molecule has 2 rings (SSSR count). The lowest BCUT2D eigenvalue weighted by atomic mass is 10.1. The van der Waals surface area contributed by atoms with Crippen LogP contribution in [0.4, 0.5) is 0 Å². The van der Waals surface area contributed by atoms with Gasteiger partial charge in [-0.3, -0.25) is 4.79 Å². The molecule has 1 fully saturated rings. The Labute approximate surface area is 168 Å². The van der Waals surface area contributed by atoms with E-state index in [9.17, 15) is 13.2 Å². The fraction of sp³-hybridized carbons (Fsp3) is 0.650. The molecule has 1 aromatic rings. The van der Waals surface area contributed by atoms with Gasteiger partial charge in [-0.05, 0) is 37.0 Å². The van der Waals surface area contributed by atoms with Gasteiger partial charge in [0.05, 0.1) is 18.1 Å². The molecular formula is C20H32N2O5S. The molecule has 1 heterocycles. The smallest absolute Gasteiger partial charge is 0.243 e. The summed E-state index contributed by atoms with van der Waals surface area (Å²) in [5.41, 5.74) is 0.948. The lowest BCUT2D eigenvalue weighted by Gasteiger charge is -2.26. The highest BCUT2D eigenvalue weighted by atomic mass is 32.2. The third-order valence-electron chi connectivity index (χ3n) is 4.99. The topological polar surface area (TPSA) is 76.1 Å². The van der Waals surface area contributed by atoms with E-state index in [4.69, 9.17) is 9.47 Å². The minimum absolute atomic E-state index is 0.0408.